The van der Waals surface area contributed by atoms with Crippen molar-refractivity contribution in [3.63, 3.8) is 0 Å². The molecule has 0 unspecified atom stereocenters. The van der Waals surface area contributed by atoms with Gasteiger partial charge in [0.1, 0.15) is 6.54 Å². The first-order chi connectivity index (χ1) is 6.38. The normalized spacial score (nSPS) is 12.1. The van der Waals surface area contributed by atoms with Gasteiger partial charge in [-0.2, -0.15) is 0 Å². The predicted molar refractivity (Wildman–Crippen MR) is 64.0 cm³/mol. The van der Waals surface area contributed by atoms with Gasteiger partial charge >= 0.3 is 0 Å². The number of benzene rings is 1. The average Bonchev–Trinajstić information content (AvgIpc) is 2.02. The minimum absolute atomic E-state index is 0.0243. The minimum atomic E-state index is -0.258. The van der Waals surface area contributed by atoms with Gasteiger partial charge in [-0.1, -0.05) is 32.2 Å². The van der Waals surface area contributed by atoms with Crippen molar-refractivity contribution in [2.45, 2.75) is 6.54 Å². The smallest absolute Gasteiger partial charge is 0.104 e. The molecule has 1 aromatic carbocycles. The lowest BCUT2D eigenvalue weighted by atomic mass is 10.2. The maximum Gasteiger partial charge on any atom is 0.104 e. The van der Waals surface area contributed by atoms with E-state index in [0.29, 0.717) is 6.54 Å². The summed E-state index contributed by atoms with van der Waals surface area (Å²) in [4.78, 5) is 0. The van der Waals surface area contributed by atoms with Crippen LogP contribution in [0.1, 0.15) is 5.56 Å². The first kappa shape index (κ1) is 11.6. The topological polar surface area (TPSA) is 23.1 Å². The molecule has 3 heteroatoms. The van der Waals surface area contributed by atoms with Crippen molar-refractivity contribution in [1.82, 2.24) is 0 Å². The number of rotatable bonds is 3. The van der Waals surface area contributed by atoms with Crippen molar-refractivity contribution >= 4 is 13.2 Å². The molecule has 1 aromatic rings. The second kappa shape index (κ2) is 4.39. The highest BCUT2D eigenvalue weighted by Gasteiger charge is 2.04. The van der Waals surface area contributed by atoms with E-state index in [1.54, 1.807) is 14.1 Å². The molecule has 78 valence electrons. The van der Waals surface area contributed by atoms with Gasteiger partial charge in [0.2, 0.25) is 0 Å². The summed E-state index contributed by atoms with van der Waals surface area (Å²) in [6.45, 7) is 5.02. The van der Waals surface area contributed by atoms with E-state index in [1.165, 1.54) is 5.30 Å². The lowest BCUT2D eigenvalue weighted by molar-refractivity contribution is -0.853. The third kappa shape index (κ3) is 3.75. The number of hydrogen-bond donors (Lipinski definition) is 0. The van der Waals surface area contributed by atoms with Gasteiger partial charge < -0.3 is 9.85 Å². The van der Waals surface area contributed by atoms with Crippen LogP contribution in [0.2, 0.25) is 0 Å². The molecule has 0 atom stereocenters. The molecule has 0 bridgehead atoms. The van der Waals surface area contributed by atoms with Crippen molar-refractivity contribution in [2.75, 3.05) is 27.4 Å². The summed E-state index contributed by atoms with van der Waals surface area (Å²) in [5, 5.41) is 12.8. The quantitative estimate of drug-likeness (QED) is 0.426. The van der Waals surface area contributed by atoms with E-state index in [0.717, 1.165) is 5.56 Å². The average molecular weight is 211 g/mol. The zero-order chi connectivity index (χ0) is 10.8. The third-order valence-electron chi connectivity index (χ3n) is 2.02. The van der Waals surface area contributed by atoms with E-state index in [9.17, 15) is 5.21 Å². The fourth-order valence-corrected chi connectivity index (χ4v) is 2.08. The fourth-order valence-electron chi connectivity index (χ4n) is 1.34. The van der Waals surface area contributed by atoms with Crippen molar-refractivity contribution in [2.24, 2.45) is 0 Å². The van der Waals surface area contributed by atoms with E-state index in [2.05, 4.69) is 37.6 Å². The Labute approximate surface area is 87.5 Å². The molecule has 0 aliphatic heterocycles. The van der Waals surface area contributed by atoms with Crippen LogP contribution in [0.3, 0.4) is 0 Å². The van der Waals surface area contributed by atoms with Crippen molar-refractivity contribution in [1.29, 1.82) is 0 Å². The van der Waals surface area contributed by atoms with Crippen molar-refractivity contribution < 1.29 is 4.65 Å². The van der Waals surface area contributed by atoms with Gasteiger partial charge in [-0.05, 0) is 18.6 Å². The van der Waals surface area contributed by atoms with E-state index >= 15 is 0 Å². The molecule has 0 fully saturated rings. The molecule has 0 aromatic heterocycles. The number of hydrogen-bond acceptors (Lipinski definition) is 1. The van der Waals surface area contributed by atoms with Gasteiger partial charge in [0, 0.05) is 5.56 Å². The van der Waals surface area contributed by atoms with E-state index in [4.69, 9.17) is 0 Å². The molecular formula is C11H18NOP. The maximum atomic E-state index is 11.4. The Bertz CT molecular complexity index is 287. The van der Waals surface area contributed by atoms with Crippen molar-refractivity contribution in [3.05, 3.63) is 35.0 Å². The van der Waals surface area contributed by atoms with Gasteiger partial charge in [0.15, 0.2) is 0 Å². The molecule has 1 rings (SSSR count). The molecule has 0 saturated heterocycles. The fraction of sp³-hybridized carbons (Fsp3) is 0.455. The Morgan fingerprint density at radius 1 is 1.14 bits per heavy atom. The van der Waals surface area contributed by atoms with Crippen LogP contribution in [-0.4, -0.2) is 32.1 Å². The highest BCUT2D eigenvalue weighted by Crippen LogP contribution is 2.23. The largest absolute Gasteiger partial charge is 0.633 e. The molecule has 14 heavy (non-hydrogen) atoms. The van der Waals surface area contributed by atoms with Crippen LogP contribution in [0.4, 0.5) is 0 Å². The van der Waals surface area contributed by atoms with E-state index < -0.39 is 0 Å². The summed E-state index contributed by atoms with van der Waals surface area (Å²) in [6.07, 6.45) is 0. The number of quaternary nitrogens is 1. The standard InChI is InChI=1S/C11H18NOP/c1-12(2,13)9-10-5-7-11(8-6-10)14(3)4/h5-8H,9H2,1-4H3. The Morgan fingerprint density at radius 2 is 1.64 bits per heavy atom. The molecule has 0 heterocycles. The zero-order valence-electron chi connectivity index (χ0n) is 9.32. The van der Waals surface area contributed by atoms with Gasteiger partial charge in [-0.3, -0.25) is 0 Å². The first-order valence-electron chi connectivity index (χ1n) is 4.69. The summed E-state index contributed by atoms with van der Waals surface area (Å²) in [5.74, 6) is 0. The molecule has 0 radical (unpaired) electrons. The maximum absolute atomic E-state index is 11.4. The molecule has 0 aliphatic rings. The molecular weight excluding hydrogens is 193 g/mol. The monoisotopic (exact) mass is 211 g/mol. The first-order valence-corrected chi connectivity index (χ1v) is 6.92. The van der Waals surface area contributed by atoms with Gasteiger partial charge in [-0.25, -0.2) is 0 Å². The van der Waals surface area contributed by atoms with E-state index in [-0.39, 0.29) is 12.6 Å². The molecule has 0 N–H and O–H groups in total. The van der Waals surface area contributed by atoms with E-state index in [1.807, 2.05) is 0 Å². The lowest BCUT2D eigenvalue weighted by Crippen LogP contribution is -2.31. The zero-order valence-corrected chi connectivity index (χ0v) is 10.2. The Kier molecular flexibility index (Phi) is 3.65. The minimum Gasteiger partial charge on any atom is -0.633 e. The van der Waals surface area contributed by atoms with Gasteiger partial charge in [0.05, 0.1) is 14.1 Å². The summed E-state index contributed by atoms with van der Waals surface area (Å²) >= 11 is 0. The van der Waals surface area contributed by atoms with Gasteiger partial charge in [0.25, 0.3) is 0 Å². The molecule has 0 amide bonds. The molecule has 0 aliphatic carbocycles. The molecule has 0 saturated carbocycles. The van der Waals surface area contributed by atoms with Crippen LogP contribution >= 0.6 is 7.92 Å². The Balaban J connectivity index is 2.74. The lowest BCUT2D eigenvalue weighted by Gasteiger charge is -2.33. The van der Waals surface area contributed by atoms with Crippen LogP contribution in [0.15, 0.2) is 24.3 Å². The second-order valence-corrected chi connectivity index (χ2v) is 6.60. The predicted octanol–water partition coefficient (Wildman–Crippen LogP) is 2.13. The summed E-state index contributed by atoms with van der Waals surface area (Å²) < 4.78 is -0.258. The van der Waals surface area contributed by atoms with Crippen LogP contribution in [0, 0.1) is 5.21 Å². The van der Waals surface area contributed by atoms with Crippen LogP contribution in [0.5, 0.6) is 0 Å². The van der Waals surface area contributed by atoms with Crippen LogP contribution in [-0.2, 0) is 6.54 Å². The number of nitrogens with zero attached hydrogens (tertiary/aromatic N) is 1. The Hall–Kier alpha value is -0.430. The number of hydroxylamine groups is 3. The highest BCUT2D eigenvalue weighted by molar-refractivity contribution is 7.64. The van der Waals surface area contributed by atoms with Crippen LogP contribution < -0.4 is 5.30 Å². The molecule has 2 nitrogen and oxygen atoms in total. The molecule has 0 spiro atoms. The summed E-state index contributed by atoms with van der Waals surface area (Å²) in [6, 6.07) is 8.40. The highest BCUT2D eigenvalue weighted by atomic mass is 31.1. The summed E-state index contributed by atoms with van der Waals surface area (Å²) in [7, 11) is 3.31. The van der Waals surface area contributed by atoms with Gasteiger partial charge in [-0.15, -0.1) is 0 Å². The van der Waals surface area contributed by atoms with Crippen molar-refractivity contribution in [3.8, 4) is 0 Å². The second-order valence-electron chi connectivity index (χ2n) is 4.29. The Morgan fingerprint density at radius 3 is 2.00 bits per heavy atom. The SMILES string of the molecule is CP(C)c1ccc(C[N+](C)(C)[O-])cc1. The summed E-state index contributed by atoms with van der Waals surface area (Å²) in [5.41, 5.74) is 1.12. The van der Waals surface area contributed by atoms with Crippen LogP contribution in [0.25, 0.3) is 0 Å². The third-order valence-corrected chi connectivity index (χ3v) is 3.35.